The lowest BCUT2D eigenvalue weighted by molar-refractivity contribution is -0.384. The summed E-state index contributed by atoms with van der Waals surface area (Å²) in [5.41, 5.74) is 0.427. The number of nitro groups is 1. The largest absolute Gasteiger partial charge is 0.338 e. The molecular weight excluding hydrogens is 274 g/mol. The Labute approximate surface area is 121 Å². The van der Waals surface area contributed by atoms with Gasteiger partial charge in [0.15, 0.2) is 0 Å². The summed E-state index contributed by atoms with van der Waals surface area (Å²) in [5.74, 6) is -0.0234. The van der Waals surface area contributed by atoms with Crippen LogP contribution in [0.25, 0.3) is 11.4 Å². The van der Waals surface area contributed by atoms with Crippen LogP contribution in [0.5, 0.6) is 0 Å². The number of hydrogen-bond donors (Lipinski definition) is 0. The first-order chi connectivity index (χ1) is 9.90. The van der Waals surface area contributed by atoms with E-state index in [0.717, 1.165) is 0 Å². The second-order valence-corrected chi connectivity index (χ2v) is 5.10. The minimum atomic E-state index is -0.489. The average Bonchev–Trinajstić information content (AvgIpc) is 2.87. The molecule has 7 nitrogen and oxygen atoms in total. The molecule has 7 heteroatoms. The highest BCUT2D eigenvalue weighted by Gasteiger charge is 2.27. The molecule has 0 amide bonds. The third-order valence-corrected chi connectivity index (χ3v) is 3.13. The SMILES string of the molecule is CC(=O)C(c1nc(-c2cccc([N+](=O)[O-])c2)no1)C(C)C. The van der Waals surface area contributed by atoms with Crippen LogP contribution in [0.15, 0.2) is 28.8 Å². The van der Waals surface area contributed by atoms with Gasteiger partial charge in [0.05, 0.1) is 10.8 Å². The van der Waals surface area contributed by atoms with Crippen molar-refractivity contribution in [2.24, 2.45) is 5.92 Å². The Morgan fingerprint density at radius 1 is 1.38 bits per heavy atom. The Morgan fingerprint density at radius 3 is 2.67 bits per heavy atom. The quantitative estimate of drug-likeness (QED) is 0.619. The van der Waals surface area contributed by atoms with Gasteiger partial charge < -0.3 is 4.52 Å². The van der Waals surface area contributed by atoms with Crippen LogP contribution in [0, 0.1) is 16.0 Å². The maximum absolute atomic E-state index is 11.7. The van der Waals surface area contributed by atoms with Gasteiger partial charge in [-0.15, -0.1) is 0 Å². The highest BCUT2D eigenvalue weighted by atomic mass is 16.6. The Hall–Kier alpha value is -2.57. The number of Topliss-reactive ketones (excluding diaryl/α,β-unsaturated/α-hetero) is 1. The van der Waals surface area contributed by atoms with E-state index in [1.165, 1.54) is 19.1 Å². The molecule has 1 unspecified atom stereocenters. The molecule has 1 aromatic carbocycles. The molecule has 0 radical (unpaired) electrons. The van der Waals surface area contributed by atoms with Gasteiger partial charge in [0.2, 0.25) is 11.7 Å². The zero-order valence-corrected chi connectivity index (χ0v) is 11.9. The first kappa shape index (κ1) is 14.8. The van der Waals surface area contributed by atoms with Crippen LogP contribution in [0.1, 0.15) is 32.6 Å². The zero-order valence-electron chi connectivity index (χ0n) is 11.9. The maximum atomic E-state index is 11.7. The van der Waals surface area contributed by atoms with Crippen LogP contribution in [0.3, 0.4) is 0 Å². The van der Waals surface area contributed by atoms with Crippen molar-refractivity contribution >= 4 is 11.5 Å². The maximum Gasteiger partial charge on any atom is 0.270 e. The summed E-state index contributed by atoms with van der Waals surface area (Å²) in [7, 11) is 0. The van der Waals surface area contributed by atoms with Crippen LogP contribution in [-0.2, 0) is 4.79 Å². The number of carbonyl (C=O) groups is 1. The molecule has 0 fully saturated rings. The molecule has 1 heterocycles. The Kier molecular flexibility index (Phi) is 4.11. The average molecular weight is 289 g/mol. The summed E-state index contributed by atoms with van der Waals surface area (Å²) in [6.45, 7) is 5.26. The van der Waals surface area contributed by atoms with E-state index in [-0.39, 0.29) is 29.1 Å². The topological polar surface area (TPSA) is 99.1 Å². The van der Waals surface area contributed by atoms with E-state index in [2.05, 4.69) is 10.1 Å². The van der Waals surface area contributed by atoms with Crippen LogP contribution >= 0.6 is 0 Å². The number of aromatic nitrogens is 2. The molecule has 2 rings (SSSR count). The van der Waals surface area contributed by atoms with Crippen molar-refractivity contribution in [1.82, 2.24) is 10.1 Å². The third kappa shape index (κ3) is 3.13. The second kappa shape index (κ2) is 5.82. The van der Waals surface area contributed by atoms with E-state index in [1.807, 2.05) is 13.8 Å². The summed E-state index contributed by atoms with van der Waals surface area (Å²) in [6.07, 6.45) is 0. The fourth-order valence-electron chi connectivity index (χ4n) is 2.17. The predicted octanol–water partition coefficient (Wildman–Crippen LogP) is 2.97. The van der Waals surface area contributed by atoms with E-state index in [0.29, 0.717) is 5.56 Å². The van der Waals surface area contributed by atoms with Crippen molar-refractivity contribution in [3.8, 4) is 11.4 Å². The summed E-state index contributed by atoms with van der Waals surface area (Å²) >= 11 is 0. The van der Waals surface area contributed by atoms with Gasteiger partial charge in [-0.05, 0) is 12.8 Å². The predicted molar refractivity (Wildman–Crippen MR) is 74.6 cm³/mol. The van der Waals surface area contributed by atoms with E-state index >= 15 is 0 Å². The highest BCUT2D eigenvalue weighted by Crippen LogP contribution is 2.27. The molecule has 0 saturated carbocycles. The third-order valence-electron chi connectivity index (χ3n) is 3.13. The van der Waals surface area contributed by atoms with E-state index in [4.69, 9.17) is 4.52 Å². The molecule has 2 aromatic rings. The van der Waals surface area contributed by atoms with Crippen molar-refractivity contribution < 1.29 is 14.2 Å². The summed E-state index contributed by atoms with van der Waals surface area (Å²) in [4.78, 5) is 26.1. The van der Waals surface area contributed by atoms with Crippen LogP contribution < -0.4 is 0 Å². The molecule has 0 bridgehead atoms. The second-order valence-electron chi connectivity index (χ2n) is 5.10. The van der Waals surface area contributed by atoms with Crippen molar-refractivity contribution in [3.63, 3.8) is 0 Å². The number of benzene rings is 1. The monoisotopic (exact) mass is 289 g/mol. The normalized spacial score (nSPS) is 12.4. The van der Waals surface area contributed by atoms with E-state index < -0.39 is 10.8 Å². The van der Waals surface area contributed by atoms with Crippen LogP contribution in [0.2, 0.25) is 0 Å². The van der Waals surface area contributed by atoms with Gasteiger partial charge in [0, 0.05) is 17.7 Å². The molecule has 0 N–H and O–H groups in total. The lowest BCUT2D eigenvalue weighted by Gasteiger charge is -2.12. The molecule has 1 aromatic heterocycles. The number of nitro benzene ring substituents is 1. The molecule has 0 aliphatic rings. The van der Waals surface area contributed by atoms with Crippen LogP contribution in [-0.4, -0.2) is 20.8 Å². The van der Waals surface area contributed by atoms with Gasteiger partial charge in [-0.2, -0.15) is 4.98 Å². The van der Waals surface area contributed by atoms with E-state index in [1.54, 1.807) is 12.1 Å². The minimum Gasteiger partial charge on any atom is -0.338 e. The zero-order chi connectivity index (χ0) is 15.6. The standard InChI is InChI=1S/C14H15N3O4/c1-8(2)12(9(3)18)14-15-13(16-21-14)10-5-4-6-11(7-10)17(19)20/h4-8,12H,1-3H3. The first-order valence-electron chi connectivity index (χ1n) is 6.49. The summed E-state index contributed by atoms with van der Waals surface area (Å²) in [5, 5.41) is 14.6. The fourth-order valence-corrected chi connectivity index (χ4v) is 2.17. The molecule has 1 atom stereocenters. The van der Waals surface area contributed by atoms with E-state index in [9.17, 15) is 14.9 Å². The van der Waals surface area contributed by atoms with Gasteiger partial charge in [-0.25, -0.2) is 0 Å². The van der Waals surface area contributed by atoms with Crippen molar-refractivity contribution in [1.29, 1.82) is 0 Å². The summed E-state index contributed by atoms with van der Waals surface area (Å²) < 4.78 is 5.15. The number of non-ortho nitro benzene ring substituents is 1. The number of carbonyl (C=O) groups excluding carboxylic acids is 1. The first-order valence-corrected chi connectivity index (χ1v) is 6.49. The van der Waals surface area contributed by atoms with Gasteiger partial charge >= 0.3 is 0 Å². The van der Waals surface area contributed by atoms with Gasteiger partial charge in [-0.3, -0.25) is 14.9 Å². The lowest BCUT2D eigenvalue weighted by atomic mass is 9.92. The molecule has 0 aliphatic heterocycles. The van der Waals surface area contributed by atoms with Gasteiger partial charge in [-0.1, -0.05) is 31.1 Å². The van der Waals surface area contributed by atoms with Crippen molar-refractivity contribution in [3.05, 3.63) is 40.3 Å². The fraction of sp³-hybridized carbons (Fsp3) is 0.357. The van der Waals surface area contributed by atoms with Crippen molar-refractivity contribution in [2.45, 2.75) is 26.7 Å². The Balaban J connectivity index is 2.37. The molecule has 0 aliphatic carbocycles. The number of rotatable bonds is 5. The smallest absolute Gasteiger partial charge is 0.270 e. The molecule has 0 spiro atoms. The number of ketones is 1. The molecule has 110 valence electrons. The van der Waals surface area contributed by atoms with Crippen molar-refractivity contribution in [2.75, 3.05) is 0 Å². The molecule has 21 heavy (non-hydrogen) atoms. The Morgan fingerprint density at radius 2 is 2.10 bits per heavy atom. The number of hydrogen-bond acceptors (Lipinski definition) is 6. The number of nitrogens with zero attached hydrogens (tertiary/aromatic N) is 3. The minimum absolute atomic E-state index is 0.0286. The highest BCUT2D eigenvalue weighted by molar-refractivity contribution is 5.82. The lowest BCUT2D eigenvalue weighted by Crippen LogP contribution is -2.15. The van der Waals surface area contributed by atoms with Gasteiger partial charge in [0.1, 0.15) is 5.78 Å². The molecule has 0 saturated heterocycles. The molecular formula is C14H15N3O4. The Bertz CT molecular complexity index is 678. The van der Waals surface area contributed by atoms with Gasteiger partial charge in [0.25, 0.3) is 5.69 Å². The summed E-state index contributed by atoms with van der Waals surface area (Å²) in [6, 6.07) is 5.96. The van der Waals surface area contributed by atoms with Crippen LogP contribution in [0.4, 0.5) is 5.69 Å².